The topological polar surface area (TPSA) is 145 Å². The van der Waals surface area contributed by atoms with Crippen LogP contribution in [-0.4, -0.2) is 108 Å². The van der Waals surface area contributed by atoms with Gasteiger partial charge in [0.1, 0.15) is 23.9 Å². The van der Waals surface area contributed by atoms with Crippen molar-refractivity contribution < 1.29 is 34.6 Å². The predicted molar refractivity (Wildman–Crippen MR) is 124 cm³/mol. The molecule has 2 aliphatic heterocycles. The summed E-state index contributed by atoms with van der Waals surface area (Å²) < 4.78 is 18.0. The summed E-state index contributed by atoms with van der Waals surface area (Å²) in [6, 6.07) is 6.93. The highest BCUT2D eigenvalue weighted by atomic mass is 16.8. The first-order chi connectivity index (χ1) is 16.1. The standard InChI is InChI=1S/C24H39N3O7/c1-13-5-7-15(8-6-13)9-10-27-12-23(30)11-14(2)32-22-24(23,31)34-20-17(26-4)18(28)16(25-3)19(29)21(20)33-22/h5-8,14,16-22,25-31H,9-12H2,1-4H3. The van der Waals surface area contributed by atoms with Gasteiger partial charge in [-0.05, 0) is 46.5 Å². The average Bonchev–Trinajstić information content (AvgIpc) is 2.79. The zero-order chi connectivity index (χ0) is 24.7. The molecule has 0 radical (unpaired) electrons. The van der Waals surface area contributed by atoms with Crippen molar-refractivity contribution in [2.24, 2.45) is 0 Å². The van der Waals surface area contributed by atoms with E-state index in [0.29, 0.717) is 6.54 Å². The van der Waals surface area contributed by atoms with E-state index in [1.54, 1.807) is 21.0 Å². The van der Waals surface area contributed by atoms with Crippen molar-refractivity contribution in [2.45, 2.75) is 87.0 Å². The van der Waals surface area contributed by atoms with E-state index in [1.807, 2.05) is 6.92 Å². The van der Waals surface area contributed by atoms with E-state index >= 15 is 0 Å². The van der Waals surface area contributed by atoms with Gasteiger partial charge in [0.05, 0.1) is 24.3 Å². The molecule has 34 heavy (non-hydrogen) atoms. The number of hydrogen-bond donors (Lipinski definition) is 7. The van der Waals surface area contributed by atoms with Crippen LogP contribution in [0.3, 0.4) is 0 Å². The van der Waals surface area contributed by atoms with Crippen molar-refractivity contribution >= 4 is 0 Å². The third kappa shape index (κ3) is 4.53. The number of rotatable bonds is 7. The summed E-state index contributed by atoms with van der Waals surface area (Å²) in [5.41, 5.74) is 0.645. The summed E-state index contributed by atoms with van der Waals surface area (Å²) in [5, 5.41) is 54.1. The van der Waals surface area contributed by atoms with Crippen molar-refractivity contribution in [1.82, 2.24) is 16.0 Å². The summed E-state index contributed by atoms with van der Waals surface area (Å²) in [5.74, 6) is -2.20. The van der Waals surface area contributed by atoms with E-state index in [2.05, 4.69) is 40.2 Å². The van der Waals surface area contributed by atoms with Gasteiger partial charge in [-0.1, -0.05) is 29.8 Å². The van der Waals surface area contributed by atoms with Crippen molar-refractivity contribution in [1.29, 1.82) is 0 Å². The molecule has 10 heteroatoms. The van der Waals surface area contributed by atoms with E-state index in [-0.39, 0.29) is 13.0 Å². The molecular formula is C24H39N3O7. The molecule has 0 bridgehead atoms. The van der Waals surface area contributed by atoms with Crippen molar-refractivity contribution in [3.8, 4) is 0 Å². The number of nitrogens with one attached hydrogen (secondary N) is 3. The van der Waals surface area contributed by atoms with Gasteiger partial charge in [0.25, 0.3) is 0 Å². The Balaban J connectivity index is 1.50. The summed E-state index contributed by atoms with van der Waals surface area (Å²) in [6.45, 7) is 4.48. The molecule has 1 aromatic carbocycles. The normalized spacial score (nSPS) is 44.4. The summed E-state index contributed by atoms with van der Waals surface area (Å²) in [7, 11) is 3.30. The molecule has 10 nitrogen and oxygen atoms in total. The Morgan fingerprint density at radius 3 is 2.29 bits per heavy atom. The van der Waals surface area contributed by atoms with Crippen LogP contribution in [0.2, 0.25) is 0 Å². The molecule has 7 N–H and O–H groups in total. The number of benzene rings is 1. The molecule has 1 aliphatic carbocycles. The van der Waals surface area contributed by atoms with Crippen LogP contribution in [-0.2, 0) is 20.6 Å². The summed E-state index contributed by atoms with van der Waals surface area (Å²) in [6.07, 6.45) is -4.77. The maximum absolute atomic E-state index is 11.7. The number of aryl methyl sites for hydroxylation is 1. The second-order valence-electron chi connectivity index (χ2n) is 9.92. The van der Waals surface area contributed by atoms with Crippen LogP contribution < -0.4 is 16.0 Å². The van der Waals surface area contributed by atoms with Gasteiger partial charge in [-0.3, -0.25) is 0 Å². The molecule has 0 amide bonds. The van der Waals surface area contributed by atoms with Crippen LogP contribution >= 0.6 is 0 Å². The second kappa shape index (κ2) is 10.1. The first-order valence-electron chi connectivity index (χ1n) is 12.0. The summed E-state index contributed by atoms with van der Waals surface area (Å²) >= 11 is 0. The van der Waals surface area contributed by atoms with Gasteiger partial charge in [-0.25, -0.2) is 0 Å². The zero-order valence-corrected chi connectivity index (χ0v) is 20.3. The van der Waals surface area contributed by atoms with E-state index in [4.69, 9.17) is 14.2 Å². The van der Waals surface area contributed by atoms with E-state index in [0.717, 1.165) is 6.42 Å². The highest BCUT2D eigenvalue weighted by Gasteiger charge is 2.68. The molecule has 2 heterocycles. The van der Waals surface area contributed by atoms with Crippen LogP contribution in [0.15, 0.2) is 24.3 Å². The molecule has 1 aromatic rings. The highest BCUT2D eigenvalue weighted by molar-refractivity contribution is 5.21. The molecule has 4 rings (SSSR count). The molecule has 3 aliphatic rings. The molecule has 10 unspecified atom stereocenters. The Labute approximate surface area is 200 Å². The molecule has 0 aromatic heterocycles. The Kier molecular flexibility index (Phi) is 7.66. The molecule has 1 saturated carbocycles. The third-order valence-electron chi connectivity index (χ3n) is 7.48. The van der Waals surface area contributed by atoms with E-state index in [1.165, 1.54) is 11.1 Å². The molecule has 3 fully saturated rings. The first-order valence-corrected chi connectivity index (χ1v) is 12.0. The minimum Gasteiger partial charge on any atom is -0.390 e. The molecular weight excluding hydrogens is 442 g/mol. The molecule has 0 spiro atoms. The monoisotopic (exact) mass is 481 g/mol. The van der Waals surface area contributed by atoms with Crippen molar-refractivity contribution in [3.05, 3.63) is 35.4 Å². The fourth-order valence-corrected chi connectivity index (χ4v) is 5.51. The Morgan fingerprint density at radius 1 is 0.971 bits per heavy atom. The second-order valence-corrected chi connectivity index (χ2v) is 9.92. The lowest BCUT2D eigenvalue weighted by atomic mass is 9.77. The minimum atomic E-state index is -2.20. The van der Waals surface area contributed by atoms with Crippen molar-refractivity contribution in [3.63, 3.8) is 0 Å². The van der Waals surface area contributed by atoms with Crippen LogP contribution in [0, 0.1) is 6.92 Å². The van der Waals surface area contributed by atoms with Gasteiger partial charge < -0.3 is 50.6 Å². The van der Waals surface area contributed by atoms with Gasteiger partial charge in [0, 0.05) is 13.0 Å². The molecule has 2 saturated heterocycles. The van der Waals surface area contributed by atoms with Gasteiger partial charge in [0.15, 0.2) is 0 Å². The number of aliphatic hydroxyl groups excluding tert-OH is 2. The predicted octanol–water partition coefficient (Wildman–Crippen LogP) is -1.62. The number of ether oxygens (including phenoxy) is 3. The minimum absolute atomic E-state index is 0.0504. The van der Waals surface area contributed by atoms with E-state index in [9.17, 15) is 20.4 Å². The fourth-order valence-electron chi connectivity index (χ4n) is 5.51. The first kappa shape index (κ1) is 25.9. The SMILES string of the molecule is CNC1C(O)C(NC)C2OC3(O)C(OC(C)CC3(O)CNCCc3ccc(C)cc3)OC2C1O. The van der Waals surface area contributed by atoms with Crippen molar-refractivity contribution in [2.75, 3.05) is 27.2 Å². The lowest BCUT2D eigenvalue weighted by Gasteiger charge is -2.60. The van der Waals surface area contributed by atoms with Crippen LogP contribution in [0.4, 0.5) is 0 Å². The maximum atomic E-state index is 11.7. The largest absolute Gasteiger partial charge is 0.390 e. The van der Waals surface area contributed by atoms with Gasteiger partial charge in [-0.15, -0.1) is 0 Å². The number of likely N-dealkylation sites (N-methyl/N-ethyl adjacent to an activating group) is 2. The number of fused-ring (bicyclic) bond motifs is 2. The lowest BCUT2D eigenvalue weighted by molar-refractivity contribution is -0.482. The highest BCUT2D eigenvalue weighted by Crippen LogP contribution is 2.46. The van der Waals surface area contributed by atoms with Crippen LogP contribution in [0.25, 0.3) is 0 Å². The Morgan fingerprint density at radius 2 is 1.65 bits per heavy atom. The van der Waals surface area contributed by atoms with E-state index < -0.39 is 60.3 Å². The fraction of sp³-hybridized carbons (Fsp3) is 0.750. The quantitative estimate of drug-likeness (QED) is 0.227. The van der Waals surface area contributed by atoms with Crippen LogP contribution in [0.1, 0.15) is 24.5 Å². The Bertz CT molecular complexity index is 829. The molecule has 192 valence electrons. The smallest absolute Gasteiger partial charge is 0.249 e. The lowest BCUT2D eigenvalue weighted by Crippen LogP contribution is -2.81. The zero-order valence-electron chi connectivity index (χ0n) is 20.3. The van der Waals surface area contributed by atoms with Crippen LogP contribution in [0.5, 0.6) is 0 Å². The number of hydrogen-bond acceptors (Lipinski definition) is 10. The molecule has 10 atom stereocenters. The average molecular weight is 482 g/mol. The third-order valence-corrected chi connectivity index (χ3v) is 7.48. The maximum Gasteiger partial charge on any atom is 0.249 e. The Hall–Kier alpha value is -1.18. The number of aliphatic hydroxyl groups is 4. The van der Waals surface area contributed by atoms with Gasteiger partial charge in [-0.2, -0.15) is 0 Å². The van der Waals surface area contributed by atoms with Gasteiger partial charge >= 0.3 is 0 Å². The van der Waals surface area contributed by atoms with Gasteiger partial charge in [0.2, 0.25) is 12.1 Å². The summed E-state index contributed by atoms with van der Waals surface area (Å²) in [4.78, 5) is 0.